The number of aromatic hydroxyl groups is 3. The second-order valence-corrected chi connectivity index (χ2v) is 16.2. The zero-order valence-corrected chi connectivity index (χ0v) is 35.6. The Labute approximate surface area is 349 Å². The maximum absolute atomic E-state index is 14.4. The van der Waals surface area contributed by atoms with Crippen LogP contribution >= 0.6 is 0 Å². The first-order valence-corrected chi connectivity index (χ1v) is 20.2. The minimum atomic E-state index is -2.06. The molecule has 1 fully saturated rings. The van der Waals surface area contributed by atoms with Crippen molar-refractivity contribution in [1.29, 1.82) is 0 Å². The molecule has 326 valence electrons. The number of allylic oxidation sites excluding steroid dienone is 2. The first kappa shape index (κ1) is 45.6. The van der Waals surface area contributed by atoms with Gasteiger partial charge in [-0.05, 0) is 39.2 Å². The number of phenols is 3. The molecule has 60 heavy (non-hydrogen) atoms. The lowest BCUT2D eigenvalue weighted by Gasteiger charge is -2.38. The van der Waals surface area contributed by atoms with E-state index in [0.717, 1.165) is 38.6 Å². The molecule has 4 heterocycles. The summed E-state index contributed by atoms with van der Waals surface area (Å²) in [6, 6.07) is 0. The van der Waals surface area contributed by atoms with E-state index in [1.807, 2.05) is 4.90 Å². The van der Waals surface area contributed by atoms with Crippen LogP contribution in [0.5, 0.6) is 23.0 Å². The average molecular weight is 835 g/mol. The number of Topliss-reactive ketones (excluding diaryl/α,β-unsaturated/α-hetero) is 1. The van der Waals surface area contributed by atoms with Crippen LogP contribution in [0.2, 0.25) is 0 Å². The van der Waals surface area contributed by atoms with Gasteiger partial charge in [-0.2, -0.15) is 5.10 Å². The largest absolute Gasteiger partial charge is 0.507 e. The zero-order chi connectivity index (χ0) is 44.2. The van der Waals surface area contributed by atoms with E-state index in [0.29, 0.717) is 0 Å². The Hall–Kier alpha value is -5.45. The predicted molar refractivity (Wildman–Crippen MR) is 225 cm³/mol. The number of carbonyl (C=O) groups is 3. The third-order valence-electron chi connectivity index (χ3n) is 11.9. The summed E-state index contributed by atoms with van der Waals surface area (Å²) < 4.78 is 23.6. The van der Waals surface area contributed by atoms with Crippen LogP contribution in [0.15, 0.2) is 46.3 Å². The number of nitrogens with one attached hydrogen (secondary N) is 1. The fourth-order valence-corrected chi connectivity index (χ4v) is 8.10. The molecular weight excluding hydrogens is 776 g/mol. The Morgan fingerprint density at radius 3 is 2.27 bits per heavy atom. The van der Waals surface area contributed by atoms with Gasteiger partial charge in [0.2, 0.25) is 0 Å². The minimum Gasteiger partial charge on any atom is -0.507 e. The third kappa shape index (κ3) is 9.15. The predicted octanol–water partition coefficient (Wildman–Crippen LogP) is 5.60. The highest BCUT2D eigenvalue weighted by Gasteiger charge is 2.50. The van der Waals surface area contributed by atoms with E-state index in [9.17, 15) is 39.9 Å². The number of aliphatic hydroxyl groups excluding tert-OH is 2. The zero-order valence-electron chi connectivity index (χ0n) is 35.6. The van der Waals surface area contributed by atoms with Crippen molar-refractivity contribution in [3.63, 3.8) is 0 Å². The number of fused-ring (bicyclic) bond motifs is 14. The number of nitrogens with zero attached hydrogens (tertiary/aromatic N) is 3. The van der Waals surface area contributed by atoms with Gasteiger partial charge in [0.15, 0.2) is 5.75 Å². The summed E-state index contributed by atoms with van der Waals surface area (Å²) in [6.07, 6.45) is 9.29. The fraction of sp³-hybridized carbons (Fsp3) is 0.523. The Kier molecular flexibility index (Phi) is 14.3. The van der Waals surface area contributed by atoms with E-state index in [1.54, 1.807) is 46.2 Å². The van der Waals surface area contributed by atoms with Crippen molar-refractivity contribution in [2.75, 3.05) is 25.5 Å². The van der Waals surface area contributed by atoms with Crippen LogP contribution in [0.25, 0.3) is 10.8 Å². The number of esters is 1. The topological polar surface area (TPSA) is 229 Å². The number of ketones is 1. The maximum Gasteiger partial charge on any atom is 0.312 e. The summed E-state index contributed by atoms with van der Waals surface area (Å²) in [6.45, 7) is 14.1. The molecule has 6 rings (SSSR count). The molecule has 4 aliphatic heterocycles. The normalized spacial score (nSPS) is 29.6. The van der Waals surface area contributed by atoms with Crippen molar-refractivity contribution in [2.45, 2.75) is 105 Å². The Morgan fingerprint density at radius 2 is 1.62 bits per heavy atom. The number of benzene rings is 2. The van der Waals surface area contributed by atoms with Gasteiger partial charge in [-0.15, -0.1) is 5.10 Å². The SMILES string of the molecule is CO[C@H]1C=COC2(C)Oc3c(C)c(O)c4c(O)c(c(/C=N/N=C/N5CCCCC5)c(O)c4c3C2=O)NC(=O)C(C)=CC=C[C@H](C)[C@H](O)[C@@H](C)[C@H](O)[C@H](C)[C@H](OC(C)=O)[C@@H]1C. The standard InChI is InChI=1S/C44H58N4O12/c1-22-14-13-15-23(2)43(56)47-34-29(20-45-46-21-48-17-11-10-12-18-48)38(53)31-32(39(34)54)37(52)27(6)41-33(31)42(55)44(8,60-41)58-19-16-30(57-9)24(3)40(59-28(7)49)26(5)36(51)25(4)35(22)50/h13-16,19-22,24-26,30,35-36,40,50-54H,10-12,17-18H2,1-9H3,(H,47,56)/b14-13?,19-16?,23-15?,45-20+,46-21+/t22-,24+,25+,26-,30-,35-,36-,40+,44?/m0/s1. The number of aliphatic hydroxyl groups is 2. The van der Waals surface area contributed by atoms with Crippen LogP contribution in [0.1, 0.15) is 89.2 Å². The van der Waals surface area contributed by atoms with Crippen molar-refractivity contribution < 1.29 is 58.9 Å². The first-order valence-electron chi connectivity index (χ1n) is 20.2. The Balaban J connectivity index is 1.69. The fourth-order valence-electron chi connectivity index (χ4n) is 8.10. The lowest BCUT2D eigenvalue weighted by atomic mass is 9.78. The number of methoxy groups -OCH3 is 1. The summed E-state index contributed by atoms with van der Waals surface area (Å²) in [7, 11) is 1.43. The molecule has 2 aromatic carbocycles. The molecule has 0 spiro atoms. The summed E-state index contributed by atoms with van der Waals surface area (Å²) in [4.78, 5) is 42.4. The summed E-state index contributed by atoms with van der Waals surface area (Å²) in [5, 5.41) is 68.6. The van der Waals surface area contributed by atoms with Gasteiger partial charge >= 0.3 is 11.8 Å². The molecule has 0 saturated carbocycles. The highest BCUT2D eigenvalue weighted by molar-refractivity contribution is 6.23. The molecule has 5 bridgehead atoms. The van der Waals surface area contributed by atoms with Crippen molar-refractivity contribution in [3.8, 4) is 23.0 Å². The Bertz CT molecular complexity index is 2120. The summed E-state index contributed by atoms with van der Waals surface area (Å²) in [5.74, 6) is -8.56. The van der Waals surface area contributed by atoms with Gasteiger partial charge < -0.3 is 54.7 Å². The Morgan fingerprint density at radius 1 is 0.933 bits per heavy atom. The number of phenolic OH excluding ortho intramolecular Hbond substituents is 3. The number of anilines is 1. The molecule has 1 saturated heterocycles. The summed E-state index contributed by atoms with van der Waals surface area (Å²) >= 11 is 0. The van der Waals surface area contributed by atoms with Crippen LogP contribution in [0.3, 0.4) is 0 Å². The van der Waals surface area contributed by atoms with E-state index >= 15 is 0 Å². The first-order chi connectivity index (χ1) is 28.3. The van der Waals surface area contributed by atoms with E-state index in [-0.39, 0.29) is 44.5 Å². The lowest BCUT2D eigenvalue weighted by molar-refractivity contribution is -0.160. The van der Waals surface area contributed by atoms with E-state index in [4.69, 9.17) is 18.9 Å². The van der Waals surface area contributed by atoms with Gasteiger partial charge in [0, 0.05) is 74.2 Å². The number of carbonyl (C=O) groups excluding carboxylic acids is 3. The quantitative estimate of drug-likeness (QED) is 0.0539. The molecular formula is C44H58N4O12. The second-order valence-electron chi connectivity index (χ2n) is 16.2. The molecule has 16 heteroatoms. The molecule has 2 aromatic rings. The maximum atomic E-state index is 14.4. The highest BCUT2D eigenvalue weighted by Crippen LogP contribution is 2.55. The monoisotopic (exact) mass is 834 g/mol. The molecule has 1 amide bonds. The van der Waals surface area contributed by atoms with Gasteiger partial charge in [-0.1, -0.05) is 45.9 Å². The van der Waals surface area contributed by atoms with Crippen LogP contribution < -0.4 is 10.1 Å². The number of piperidine rings is 1. The van der Waals surface area contributed by atoms with Gasteiger partial charge in [0.1, 0.15) is 29.7 Å². The molecule has 0 aromatic heterocycles. The molecule has 0 aliphatic carbocycles. The van der Waals surface area contributed by atoms with Crippen LogP contribution in [0.4, 0.5) is 5.69 Å². The van der Waals surface area contributed by atoms with Gasteiger partial charge in [-0.3, -0.25) is 14.4 Å². The average Bonchev–Trinajstić information content (AvgIpc) is 3.48. The number of hydrogen-bond acceptors (Lipinski definition) is 14. The van der Waals surface area contributed by atoms with Gasteiger partial charge in [0.25, 0.3) is 11.7 Å². The van der Waals surface area contributed by atoms with Crippen molar-refractivity contribution >= 4 is 46.7 Å². The van der Waals surface area contributed by atoms with E-state index < -0.39 is 88.8 Å². The molecule has 16 nitrogen and oxygen atoms in total. The number of ether oxygens (including phenoxy) is 4. The highest BCUT2D eigenvalue weighted by atomic mass is 16.7. The lowest BCUT2D eigenvalue weighted by Crippen LogP contribution is -2.46. The molecule has 0 radical (unpaired) electrons. The minimum absolute atomic E-state index is 0.0408. The molecule has 1 unspecified atom stereocenters. The van der Waals surface area contributed by atoms with Crippen LogP contribution in [0, 0.1) is 30.6 Å². The third-order valence-corrected chi connectivity index (χ3v) is 11.9. The van der Waals surface area contributed by atoms with E-state index in [2.05, 4.69) is 15.5 Å². The molecule has 6 N–H and O–H groups in total. The molecule has 4 aliphatic rings. The van der Waals surface area contributed by atoms with Crippen molar-refractivity contribution in [1.82, 2.24) is 4.90 Å². The van der Waals surface area contributed by atoms with Crippen LogP contribution in [-0.4, -0.2) is 111 Å². The van der Waals surface area contributed by atoms with Crippen molar-refractivity contribution in [3.05, 3.63) is 52.8 Å². The summed E-state index contributed by atoms with van der Waals surface area (Å²) in [5.41, 5.74) is -0.544. The number of amides is 1. The van der Waals surface area contributed by atoms with Gasteiger partial charge in [-0.25, -0.2) is 0 Å². The second kappa shape index (κ2) is 18.9. The van der Waals surface area contributed by atoms with Crippen LogP contribution in [-0.2, 0) is 23.8 Å². The van der Waals surface area contributed by atoms with E-state index in [1.165, 1.54) is 53.2 Å². The number of likely N-dealkylation sites (tertiary alicyclic amines) is 1. The number of rotatable bonds is 5. The smallest absolute Gasteiger partial charge is 0.312 e. The number of hydrogen-bond donors (Lipinski definition) is 6. The molecule has 9 atom stereocenters. The van der Waals surface area contributed by atoms with Crippen molar-refractivity contribution in [2.24, 2.45) is 33.9 Å². The van der Waals surface area contributed by atoms with Gasteiger partial charge in [0.05, 0.1) is 53.0 Å².